The van der Waals surface area contributed by atoms with Crippen molar-refractivity contribution in [1.29, 1.82) is 0 Å². The highest BCUT2D eigenvalue weighted by atomic mass is 35.5. The minimum atomic E-state index is -3.73. The first-order valence-electron chi connectivity index (χ1n) is 9.75. The zero-order valence-corrected chi connectivity index (χ0v) is 19.1. The largest absolute Gasteiger partial charge is 0.462 e. The van der Waals surface area contributed by atoms with Crippen molar-refractivity contribution in [3.63, 3.8) is 0 Å². The Kier molecular flexibility index (Phi) is 7.59. The van der Waals surface area contributed by atoms with Crippen LogP contribution in [-0.4, -0.2) is 44.3 Å². The van der Waals surface area contributed by atoms with Crippen molar-refractivity contribution in [3.05, 3.63) is 58.1 Å². The molecule has 0 aliphatic carbocycles. The number of halogens is 2. The molecule has 2 aromatic rings. The first kappa shape index (κ1) is 23.5. The van der Waals surface area contributed by atoms with E-state index in [2.05, 4.69) is 5.32 Å². The van der Waals surface area contributed by atoms with Gasteiger partial charge >= 0.3 is 5.97 Å². The molecule has 1 atom stereocenters. The molecule has 0 aromatic heterocycles. The number of amides is 1. The lowest BCUT2D eigenvalue weighted by Gasteiger charge is -2.31. The third kappa shape index (κ3) is 5.57. The number of piperidine rings is 1. The van der Waals surface area contributed by atoms with Crippen molar-refractivity contribution >= 4 is 50.8 Å². The number of carbonyl (C=O) groups is 2. The van der Waals surface area contributed by atoms with E-state index in [0.717, 1.165) is 0 Å². The average Bonchev–Trinajstić information content (AvgIpc) is 2.75. The number of sulfonamides is 1. The predicted octanol–water partition coefficient (Wildman–Crippen LogP) is 4.21. The van der Waals surface area contributed by atoms with Gasteiger partial charge in [-0.3, -0.25) is 4.79 Å². The molecular weight excluding hydrogens is 463 g/mol. The van der Waals surface area contributed by atoms with Gasteiger partial charge in [-0.15, -0.1) is 0 Å². The molecule has 1 fully saturated rings. The van der Waals surface area contributed by atoms with Crippen molar-refractivity contribution in [2.24, 2.45) is 5.92 Å². The van der Waals surface area contributed by atoms with Crippen LogP contribution >= 0.6 is 23.2 Å². The van der Waals surface area contributed by atoms with Gasteiger partial charge in [0.05, 0.1) is 28.0 Å². The highest BCUT2D eigenvalue weighted by Gasteiger charge is 2.33. The molecule has 0 bridgehead atoms. The highest BCUT2D eigenvalue weighted by Crippen LogP contribution is 2.27. The van der Waals surface area contributed by atoms with Crippen LogP contribution in [0.2, 0.25) is 10.0 Å². The van der Waals surface area contributed by atoms with Gasteiger partial charge in [-0.25, -0.2) is 13.2 Å². The third-order valence-corrected chi connectivity index (χ3v) is 7.40. The van der Waals surface area contributed by atoms with Crippen LogP contribution in [0.3, 0.4) is 0 Å². The van der Waals surface area contributed by atoms with Gasteiger partial charge in [-0.2, -0.15) is 4.31 Å². The third-order valence-electron chi connectivity index (χ3n) is 4.94. The van der Waals surface area contributed by atoms with E-state index >= 15 is 0 Å². The molecule has 2 aromatic carbocycles. The second-order valence-electron chi connectivity index (χ2n) is 7.06. The number of esters is 1. The summed E-state index contributed by atoms with van der Waals surface area (Å²) < 4.78 is 32.1. The van der Waals surface area contributed by atoms with Crippen LogP contribution in [0.5, 0.6) is 0 Å². The fourth-order valence-corrected chi connectivity index (χ4v) is 5.19. The van der Waals surface area contributed by atoms with Crippen molar-refractivity contribution in [2.45, 2.75) is 24.7 Å². The van der Waals surface area contributed by atoms with Gasteiger partial charge in [0.15, 0.2) is 0 Å². The highest BCUT2D eigenvalue weighted by molar-refractivity contribution is 7.89. The Morgan fingerprint density at radius 2 is 1.87 bits per heavy atom. The standard InChI is InChI=1S/C21H22Cl2N2O5S/c1-2-30-21(27)18-12-16(7-10-19(18)23)24-20(26)14-4-3-11-25(13-14)31(28,29)17-8-5-15(22)6-9-17/h5-10,12,14H,2-4,11,13H2,1H3,(H,24,26)/t14-/m0/s1. The molecular formula is C21H22Cl2N2O5S. The minimum absolute atomic E-state index is 0.0646. The van der Waals surface area contributed by atoms with Crippen LogP contribution in [0.15, 0.2) is 47.4 Å². The molecule has 0 spiro atoms. The van der Waals surface area contributed by atoms with Crippen molar-refractivity contribution in [2.75, 3.05) is 25.0 Å². The number of rotatable bonds is 6. The molecule has 1 aliphatic rings. The number of hydrogen-bond donors (Lipinski definition) is 1. The van der Waals surface area contributed by atoms with Crippen LogP contribution in [0.1, 0.15) is 30.1 Å². The second kappa shape index (κ2) is 9.99. The van der Waals surface area contributed by atoms with Gasteiger partial charge < -0.3 is 10.1 Å². The normalized spacial score (nSPS) is 17.2. The molecule has 1 amide bonds. The Hall–Kier alpha value is -2.13. The number of benzene rings is 2. The first-order valence-corrected chi connectivity index (χ1v) is 11.9. The Balaban J connectivity index is 1.72. The van der Waals surface area contributed by atoms with Crippen LogP contribution < -0.4 is 5.32 Å². The fourth-order valence-electron chi connectivity index (χ4n) is 3.34. The van der Waals surface area contributed by atoms with Gasteiger partial charge in [0.25, 0.3) is 0 Å². The Labute approximate surface area is 191 Å². The smallest absolute Gasteiger partial charge is 0.339 e. The molecule has 1 N–H and O–H groups in total. The van der Waals surface area contributed by atoms with Crippen molar-refractivity contribution in [3.8, 4) is 0 Å². The Morgan fingerprint density at radius 1 is 1.16 bits per heavy atom. The van der Waals surface area contributed by atoms with Crippen LogP contribution in [0.4, 0.5) is 5.69 Å². The Morgan fingerprint density at radius 3 is 2.55 bits per heavy atom. The summed E-state index contributed by atoms with van der Waals surface area (Å²) in [6.45, 7) is 2.29. The maximum atomic E-state index is 12.9. The molecule has 7 nitrogen and oxygen atoms in total. The van der Waals surface area contributed by atoms with Gasteiger partial charge in [0.1, 0.15) is 0 Å². The minimum Gasteiger partial charge on any atom is -0.462 e. The second-order valence-corrected chi connectivity index (χ2v) is 9.84. The molecule has 1 heterocycles. The molecule has 0 radical (unpaired) electrons. The summed E-state index contributed by atoms with van der Waals surface area (Å²) in [7, 11) is -3.73. The van der Waals surface area contributed by atoms with E-state index in [1.54, 1.807) is 13.0 Å². The molecule has 1 aliphatic heterocycles. The van der Waals surface area contributed by atoms with Gasteiger partial charge in [0.2, 0.25) is 15.9 Å². The summed E-state index contributed by atoms with van der Waals surface area (Å²) in [5.74, 6) is -1.44. The number of nitrogens with one attached hydrogen (secondary N) is 1. The number of hydrogen-bond acceptors (Lipinski definition) is 5. The van der Waals surface area contributed by atoms with Crippen molar-refractivity contribution < 1.29 is 22.7 Å². The number of ether oxygens (including phenoxy) is 1. The van der Waals surface area contributed by atoms with E-state index in [1.165, 1.54) is 40.7 Å². The van der Waals surface area contributed by atoms with E-state index in [1.807, 2.05) is 0 Å². The summed E-state index contributed by atoms with van der Waals surface area (Å²) in [6.07, 6.45) is 1.11. The van der Waals surface area contributed by atoms with Crippen molar-refractivity contribution in [1.82, 2.24) is 4.31 Å². The van der Waals surface area contributed by atoms with Crippen LogP contribution in [0.25, 0.3) is 0 Å². The lowest BCUT2D eigenvalue weighted by Crippen LogP contribution is -2.43. The monoisotopic (exact) mass is 484 g/mol. The van der Waals surface area contributed by atoms with Crippen LogP contribution in [-0.2, 0) is 19.6 Å². The molecule has 0 saturated carbocycles. The van der Waals surface area contributed by atoms with E-state index in [4.69, 9.17) is 27.9 Å². The van der Waals surface area contributed by atoms with E-state index in [9.17, 15) is 18.0 Å². The SMILES string of the molecule is CCOC(=O)c1cc(NC(=O)[C@H]2CCCN(S(=O)(=O)c3ccc(Cl)cc3)C2)ccc1Cl. The summed E-state index contributed by atoms with van der Waals surface area (Å²) in [5.41, 5.74) is 0.534. The topological polar surface area (TPSA) is 92.8 Å². The number of nitrogens with zero attached hydrogens (tertiary/aromatic N) is 1. The van der Waals surface area contributed by atoms with E-state index in [0.29, 0.717) is 30.1 Å². The predicted molar refractivity (Wildman–Crippen MR) is 119 cm³/mol. The van der Waals surface area contributed by atoms with E-state index in [-0.39, 0.29) is 34.5 Å². The zero-order valence-electron chi connectivity index (χ0n) is 16.8. The molecule has 0 unspecified atom stereocenters. The van der Waals surface area contributed by atoms with Gasteiger partial charge in [-0.05, 0) is 62.2 Å². The zero-order chi connectivity index (χ0) is 22.6. The lowest BCUT2D eigenvalue weighted by atomic mass is 9.98. The lowest BCUT2D eigenvalue weighted by molar-refractivity contribution is -0.120. The molecule has 31 heavy (non-hydrogen) atoms. The summed E-state index contributed by atoms with van der Waals surface area (Å²) in [4.78, 5) is 25.0. The fraction of sp³-hybridized carbons (Fsp3) is 0.333. The van der Waals surface area contributed by atoms with Gasteiger partial charge in [-0.1, -0.05) is 23.2 Å². The number of anilines is 1. The molecule has 10 heteroatoms. The van der Waals surface area contributed by atoms with Crippen LogP contribution in [0, 0.1) is 5.92 Å². The number of carbonyl (C=O) groups excluding carboxylic acids is 2. The Bertz CT molecular complexity index is 1070. The van der Waals surface area contributed by atoms with E-state index < -0.39 is 21.9 Å². The average molecular weight is 485 g/mol. The quantitative estimate of drug-likeness (QED) is 0.619. The maximum absolute atomic E-state index is 12.9. The summed E-state index contributed by atoms with van der Waals surface area (Å²) in [6, 6.07) is 10.5. The molecule has 1 saturated heterocycles. The summed E-state index contributed by atoms with van der Waals surface area (Å²) in [5, 5.41) is 3.41. The first-order chi connectivity index (χ1) is 14.7. The molecule has 3 rings (SSSR count). The maximum Gasteiger partial charge on any atom is 0.339 e. The van der Waals surface area contributed by atoms with Gasteiger partial charge in [0, 0.05) is 23.8 Å². The molecule has 166 valence electrons. The summed E-state index contributed by atoms with van der Waals surface area (Å²) >= 11 is 11.9.